The van der Waals surface area contributed by atoms with Crippen LogP contribution in [-0.4, -0.2) is 28.5 Å². The van der Waals surface area contributed by atoms with Crippen LogP contribution in [0.3, 0.4) is 0 Å². The normalized spacial score (nSPS) is 11.2. The Morgan fingerprint density at radius 3 is 2.55 bits per heavy atom. The Hall–Kier alpha value is -1.96. The van der Waals surface area contributed by atoms with Crippen molar-refractivity contribution in [3.63, 3.8) is 0 Å². The van der Waals surface area contributed by atoms with Crippen LogP contribution in [0.25, 0.3) is 0 Å². The number of nitro groups is 1. The second-order valence-corrected chi connectivity index (χ2v) is 6.26. The molecule has 0 spiro atoms. The molecule has 0 saturated heterocycles. The number of carboxylic acids is 1. The third-order valence-corrected chi connectivity index (χ3v) is 3.97. The topological polar surface area (TPSA) is 110 Å². The van der Waals surface area contributed by atoms with Gasteiger partial charge in [-0.3, -0.25) is 19.7 Å². The van der Waals surface area contributed by atoms with Gasteiger partial charge in [0.1, 0.15) is 0 Å². The molecule has 0 fully saturated rings. The SMILES string of the molecule is Cc1sc(C(=O)NCCC(C)(C)C(=O)O)cc1[N+](=O)[O-]. The van der Waals surface area contributed by atoms with Crippen LogP contribution in [0.1, 0.15) is 34.8 Å². The fraction of sp³-hybridized carbons (Fsp3) is 0.500. The van der Waals surface area contributed by atoms with Crippen molar-refractivity contribution in [3.8, 4) is 0 Å². The van der Waals surface area contributed by atoms with Crippen molar-refractivity contribution in [1.29, 1.82) is 0 Å². The summed E-state index contributed by atoms with van der Waals surface area (Å²) in [5.74, 6) is -1.36. The summed E-state index contributed by atoms with van der Waals surface area (Å²) in [6.45, 7) is 4.92. The van der Waals surface area contributed by atoms with Gasteiger partial charge < -0.3 is 10.4 Å². The molecular formula is C12H16N2O5S. The van der Waals surface area contributed by atoms with Crippen molar-refractivity contribution < 1.29 is 19.6 Å². The first-order valence-corrected chi connectivity index (χ1v) is 6.73. The van der Waals surface area contributed by atoms with Crippen molar-refractivity contribution in [2.24, 2.45) is 5.41 Å². The Morgan fingerprint density at radius 2 is 2.10 bits per heavy atom. The molecule has 2 N–H and O–H groups in total. The van der Waals surface area contributed by atoms with Crippen LogP contribution in [0, 0.1) is 22.5 Å². The highest BCUT2D eigenvalue weighted by Gasteiger charge is 2.27. The molecule has 1 amide bonds. The number of aryl methyl sites for hydroxylation is 1. The average Bonchev–Trinajstić information content (AvgIpc) is 2.71. The number of carbonyl (C=O) groups excluding carboxylic acids is 1. The molecule has 0 unspecified atom stereocenters. The molecule has 110 valence electrons. The van der Waals surface area contributed by atoms with Crippen molar-refractivity contribution in [3.05, 3.63) is 25.9 Å². The van der Waals surface area contributed by atoms with Gasteiger partial charge in [-0.15, -0.1) is 11.3 Å². The van der Waals surface area contributed by atoms with E-state index in [2.05, 4.69) is 5.32 Å². The van der Waals surface area contributed by atoms with Crippen molar-refractivity contribution in [2.75, 3.05) is 6.54 Å². The monoisotopic (exact) mass is 300 g/mol. The van der Waals surface area contributed by atoms with Crippen molar-refractivity contribution in [2.45, 2.75) is 27.2 Å². The molecular weight excluding hydrogens is 284 g/mol. The van der Waals surface area contributed by atoms with Gasteiger partial charge in [0.25, 0.3) is 11.6 Å². The number of hydrogen-bond acceptors (Lipinski definition) is 5. The Bertz CT molecular complexity index is 550. The highest BCUT2D eigenvalue weighted by Crippen LogP contribution is 2.28. The highest BCUT2D eigenvalue weighted by molar-refractivity contribution is 7.14. The molecule has 1 aromatic rings. The van der Waals surface area contributed by atoms with E-state index in [9.17, 15) is 19.7 Å². The number of amides is 1. The molecule has 0 saturated carbocycles. The summed E-state index contributed by atoms with van der Waals surface area (Å²) in [6.07, 6.45) is 0.278. The maximum absolute atomic E-state index is 11.8. The molecule has 7 nitrogen and oxygen atoms in total. The van der Waals surface area contributed by atoms with Crippen LogP contribution in [0.2, 0.25) is 0 Å². The van der Waals surface area contributed by atoms with E-state index in [0.29, 0.717) is 4.88 Å². The molecule has 8 heteroatoms. The third kappa shape index (κ3) is 3.77. The number of nitrogens with one attached hydrogen (secondary N) is 1. The minimum atomic E-state index is -0.936. The van der Waals surface area contributed by atoms with E-state index in [4.69, 9.17) is 5.11 Å². The molecule has 0 aliphatic heterocycles. The molecule has 0 radical (unpaired) electrons. The quantitative estimate of drug-likeness (QED) is 0.618. The van der Waals surface area contributed by atoms with E-state index in [1.54, 1.807) is 20.8 Å². The van der Waals surface area contributed by atoms with Gasteiger partial charge in [0.05, 0.1) is 20.1 Å². The standard InChI is InChI=1S/C12H16N2O5S/c1-7-8(14(18)19)6-9(20-7)10(15)13-5-4-12(2,3)11(16)17/h6H,4-5H2,1-3H3,(H,13,15)(H,16,17). The number of rotatable bonds is 6. The molecule has 1 aromatic heterocycles. The average molecular weight is 300 g/mol. The van der Waals surface area contributed by atoms with Crippen LogP contribution >= 0.6 is 11.3 Å². The summed E-state index contributed by atoms with van der Waals surface area (Å²) in [6, 6.07) is 1.23. The van der Waals surface area contributed by atoms with Crippen LogP contribution in [-0.2, 0) is 4.79 Å². The maximum atomic E-state index is 11.8. The molecule has 0 aliphatic rings. The lowest BCUT2D eigenvalue weighted by atomic mass is 9.90. The van der Waals surface area contributed by atoms with Gasteiger partial charge in [-0.2, -0.15) is 0 Å². The van der Waals surface area contributed by atoms with E-state index in [-0.39, 0.29) is 23.5 Å². The summed E-state index contributed by atoms with van der Waals surface area (Å²) >= 11 is 1.05. The van der Waals surface area contributed by atoms with Crippen LogP contribution < -0.4 is 5.32 Å². The largest absolute Gasteiger partial charge is 0.481 e. The lowest BCUT2D eigenvalue weighted by Gasteiger charge is -2.18. The molecule has 0 aliphatic carbocycles. The van der Waals surface area contributed by atoms with Crippen molar-refractivity contribution in [1.82, 2.24) is 5.32 Å². The van der Waals surface area contributed by atoms with Gasteiger partial charge in [-0.05, 0) is 27.2 Å². The van der Waals surface area contributed by atoms with Gasteiger partial charge in [-0.25, -0.2) is 0 Å². The second kappa shape index (κ2) is 6.00. The minimum absolute atomic E-state index is 0.0778. The van der Waals surface area contributed by atoms with Gasteiger partial charge in [0, 0.05) is 12.6 Å². The number of nitrogens with zero attached hydrogens (tertiary/aromatic N) is 1. The maximum Gasteiger partial charge on any atom is 0.309 e. The van der Waals surface area contributed by atoms with Crippen LogP contribution in [0.5, 0.6) is 0 Å². The Balaban J connectivity index is 2.62. The predicted molar refractivity (Wildman–Crippen MR) is 74.1 cm³/mol. The predicted octanol–water partition coefficient (Wildman–Crippen LogP) is 2.20. The van der Waals surface area contributed by atoms with E-state index >= 15 is 0 Å². The van der Waals surface area contributed by atoms with Gasteiger partial charge in [0.2, 0.25) is 0 Å². The first kappa shape index (κ1) is 16.1. The fourth-order valence-corrected chi connectivity index (χ4v) is 2.35. The van der Waals surface area contributed by atoms with Gasteiger partial charge in [-0.1, -0.05) is 0 Å². The number of hydrogen-bond donors (Lipinski definition) is 2. The Kier molecular flexibility index (Phi) is 4.83. The fourth-order valence-electron chi connectivity index (χ4n) is 1.45. The minimum Gasteiger partial charge on any atom is -0.481 e. The van der Waals surface area contributed by atoms with Gasteiger partial charge >= 0.3 is 5.97 Å². The van der Waals surface area contributed by atoms with Crippen molar-refractivity contribution >= 4 is 28.9 Å². The lowest BCUT2D eigenvalue weighted by molar-refractivity contribution is -0.385. The summed E-state index contributed by atoms with van der Waals surface area (Å²) < 4.78 is 0. The lowest BCUT2D eigenvalue weighted by Crippen LogP contribution is -2.31. The summed E-state index contributed by atoms with van der Waals surface area (Å²) in [5.41, 5.74) is -1.00. The van der Waals surface area contributed by atoms with Crippen LogP contribution in [0.15, 0.2) is 6.07 Å². The highest BCUT2D eigenvalue weighted by atomic mass is 32.1. The second-order valence-electron chi connectivity index (χ2n) is 5.00. The molecule has 0 atom stereocenters. The zero-order chi connectivity index (χ0) is 15.5. The van der Waals surface area contributed by atoms with E-state index in [1.807, 2.05) is 0 Å². The van der Waals surface area contributed by atoms with E-state index in [1.165, 1.54) is 6.07 Å². The third-order valence-electron chi connectivity index (χ3n) is 2.93. The molecule has 0 bridgehead atoms. The summed E-state index contributed by atoms with van der Waals surface area (Å²) in [5, 5.41) is 22.2. The number of thiophene rings is 1. The number of aliphatic carboxylic acids is 1. The molecule has 0 aromatic carbocycles. The Labute approximate surface area is 119 Å². The van der Waals surface area contributed by atoms with Crippen LogP contribution in [0.4, 0.5) is 5.69 Å². The Morgan fingerprint density at radius 1 is 1.50 bits per heavy atom. The molecule has 1 heterocycles. The van der Waals surface area contributed by atoms with Gasteiger partial charge in [0.15, 0.2) is 0 Å². The molecule has 1 rings (SSSR count). The first-order valence-electron chi connectivity index (χ1n) is 5.91. The van der Waals surface area contributed by atoms with E-state index in [0.717, 1.165) is 11.3 Å². The first-order chi connectivity index (χ1) is 9.15. The molecule has 20 heavy (non-hydrogen) atoms. The smallest absolute Gasteiger partial charge is 0.309 e. The van der Waals surface area contributed by atoms with E-state index < -0.39 is 22.2 Å². The number of carboxylic acid groups (broad SMARTS) is 1. The number of carbonyl (C=O) groups is 2. The summed E-state index contributed by atoms with van der Waals surface area (Å²) in [4.78, 5) is 33.6. The zero-order valence-corrected chi connectivity index (χ0v) is 12.2. The zero-order valence-electron chi connectivity index (χ0n) is 11.4. The summed E-state index contributed by atoms with van der Waals surface area (Å²) in [7, 11) is 0.